The second-order valence-corrected chi connectivity index (χ2v) is 10.4. The summed E-state index contributed by atoms with van der Waals surface area (Å²) in [6, 6.07) is 6.40. The van der Waals surface area contributed by atoms with E-state index >= 15 is 0 Å². The highest BCUT2D eigenvalue weighted by Gasteiger charge is 2.42. The Balaban J connectivity index is 2.36. The number of hydrogen-bond acceptors (Lipinski definition) is 8. The first-order chi connectivity index (χ1) is 14.2. The van der Waals surface area contributed by atoms with E-state index in [1.54, 1.807) is 32.9 Å². The van der Waals surface area contributed by atoms with E-state index in [9.17, 15) is 17.8 Å². The first-order valence-corrected chi connectivity index (χ1v) is 12.6. The number of aryl methyl sites for hydroxylation is 1. The Morgan fingerprint density at radius 3 is 2.23 bits per heavy atom. The lowest BCUT2D eigenvalue weighted by atomic mass is 10.2. The number of benzene rings is 1. The molecule has 0 fully saturated rings. The summed E-state index contributed by atoms with van der Waals surface area (Å²) >= 11 is 0. The molecule has 1 atom stereocenters. The van der Waals surface area contributed by atoms with Crippen LogP contribution in [0.1, 0.15) is 32.0 Å². The quantitative estimate of drug-likeness (QED) is 0.373. The van der Waals surface area contributed by atoms with Gasteiger partial charge in [0.15, 0.2) is 5.66 Å². The highest BCUT2D eigenvalue weighted by Crippen LogP contribution is 2.54. The van der Waals surface area contributed by atoms with Crippen molar-refractivity contribution in [3.63, 3.8) is 0 Å². The van der Waals surface area contributed by atoms with Crippen molar-refractivity contribution >= 4 is 23.6 Å². The van der Waals surface area contributed by atoms with Crippen molar-refractivity contribution in [3.05, 3.63) is 48.0 Å². The number of nitrogens with zero attached hydrogens (tertiary/aromatic N) is 2. The summed E-state index contributed by atoms with van der Waals surface area (Å²) in [6.07, 6.45) is 2.26. The van der Waals surface area contributed by atoms with E-state index in [1.807, 2.05) is 6.92 Å². The number of carbonyl (C=O) groups is 1. The highest BCUT2D eigenvalue weighted by atomic mass is 32.2. The summed E-state index contributed by atoms with van der Waals surface area (Å²) in [5.74, 6) is -0.751. The van der Waals surface area contributed by atoms with E-state index < -0.39 is 29.2 Å². The molecule has 0 amide bonds. The molecule has 0 radical (unpaired) electrons. The van der Waals surface area contributed by atoms with Gasteiger partial charge in [0.1, 0.15) is 6.33 Å². The van der Waals surface area contributed by atoms with E-state index in [0.29, 0.717) is 0 Å². The van der Waals surface area contributed by atoms with Crippen LogP contribution < -0.4 is 0 Å². The second kappa shape index (κ2) is 10.3. The first-order valence-electron chi connectivity index (χ1n) is 9.58. The average molecular weight is 458 g/mol. The molecule has 9 nitrogen and oxygen atoms in total. The van der Waals surface area contributed by atoms with Crippen LogP contribution in [0, 0.1) is 6.92 Å². The van der Waals surface area contributed by atoms with Crippen LogP contribution in [0.3, 0.4) is 0 Å². The molecule has 0 aliphatic rings. The van der Waals surface area contributed by atoms with Crippen LogP contribution in [0.15, 0.2) is 41.7 Å². The van der Waals surface area contributed by atoms with Crippen LogP contribution in [0.4, 0.5) is 0 Å². The van der Waals surface area contributed by atoms with Gasteiger partial charge in [-0.2, -0.15) is 0 Å². The smallest absolute Gasteiger partial charge is 0.345 e. The number of carbonyl (C=O) groups excluding carboxylic acids is 1. The van der Waals surface area contributed by atoms with Gasteiger partial charge in [-0.1, -0.05) is 17.7 Å². The summed E-state index contributed by atoms with van der Waals surface area (Å²) in [7, 11) is -7.70. The molecule has 0 aliphatic carbocycles. The van der Waals surface area contributed by atoms with Crippen molar-refractivity contribution in [2.75, 3.05) is 19.8 Å². The molecule has 2 aromatic rings. The summed E-state index contributed by atoms with van der Waals surface area (Å²) in [6.45, 7) is 6.99. The Kier molecular flexibility index (Phi) is 8.37. The standard InChI is InChI=1S/C19H27N2O7PS/c1-5-26-19(22)18(29(23,27-6-2)28-7-3)12-16-13-21(14-20-16)30(24,25)17-10-8-15(4)9-11-17/h8-11,13-14,18H,5-7,12H2,1-4H3/t18-/m0/s1. The van der Waals surface area contributed by atoms with Gasteiger partial charge in [-0.25, -0.2) is 17.4 Å². The minimum atomic E-state index is -3.85. The van der Waals surface area contributed by atoms with Gasteiger partial charge >= 0.3 is 13.6 Å². The molecule has 1 heterocycles. The van der Waals surface area contributed by atoms with Gasteiger partial charge in [-0.3, -0.25) is 9.36 Å². The fourth-order valence-electron chi connectivity index (χ4n) is 2.75. The zero-order chi connectivity index (χ0) is 22.4. The Hall–Kier alpha value is -2.00. The third kappa shape index (κ3) is 5.57. The van der Waals surface area contributed by atoms with Gasteiger partial charge in [-0.05, 0) is 39.8 Å². The summed E-state index contributed by atoms with van der Waals surface area (Å²) < 4.78 is 55.4. The predicted molar refractivity (Wildman–Crippen MR) is 111 cm³/mol. The largest absolute Gasteiger partial charge is 0.465 e. The molecule has 0 spiro atoms. The minimum Gasteiger partial charge on any atom is -0.465 e. The zero-order valence-corrected chi connectivity index (χ0v) is 19.2. The Morgan fingerprint density at radius 1 is 1.10 bits per heavy atom. The van der Waals surface area contributed by atoms with E-state index in [2.05, 4.69) is 4.98 Å². The van der Waals surface area contributed by atoms with Crippen LogP contribution in [-0.2, 0) is 39.6 Å². The van der Waals surface area contributed by atoms with Gasteiger partial charge in [0.05, 0.1) is 30.4 Å². The number of esters is 1. The van der Waals surface area contributed by atoms with Crippen LogP contribution in [-0.4, -0.2) is 48.8 Å². The number of ether oxygens (including phenoxy) is 1. The van der Waals surface area contributed by atoms with Crippen molar-refractivity contribution < 1.29 is 31.6 Å². The molecular weight excluding hydrogens is 431 g/mol. The summed E-state index contributed by atoms with van der Waals surface area (Å²) in [5, 5.41) is 0. The average Bonchev–Trinajstić information content (AvgIpc) is 3.16. The third-order valence-electron chi connectivity index (χ3n) is 4.17. The molecular formula is C19H27N2O7PS. The molecule has 0 N–H and O–H groups in total. The van der Waals surface area contributed by atoms with Crippen molar-refractivity contribution in [3.8, 4) is 0 Å². The monoisotopic (exact) mass is 458 g/mol. The minimum absolute atomic E-state index is 0.0728. The zero-order valence-electron chi connectivity index (χ0n) is 17.5. The topological polar surface area (TPSA) is 114 Å². The highest BCUT2D eigenvalue weighted by molar-refractivity contribution is 7.90. The molecule has 2 rings (SSSR count). The van der Waals surface area contributed by atoms with Crippen molar-refractivity contribution in [1.82, 2.24) is 8.96 Å². The third-order valence-corrected chi connectivity index (χ3v) is 8.19. The number of hydrogen-bond donors (Lipinski definition) is 0. The van der Waals surface area contributed by atoms with Gasteiger partial charge < -0.3 is 13.8 Å². The normalized spacial score (nSPS) is 13.2. The van der Waals surface area contributed by atoms with Gasteiger partial charge in [0, 0.05) is 12.6 Å². The van der Waals surface area contributed by atoms with Gasteiger partial charge in [0.25, 0.3) is 10.0 Å². The lowest BCUT2D eigenvalue weighted by Gasteiger charge is -2.24. The lowest BCUT2D eigenvalue weighted by molar-refractivity contribution is -0.143. The molecule has 0 aliphatic heterocycles. The molecule has 0 unspecified atom stereocenters. The molecule has 0 saturated heterocycles. The lowest BCUT2D eigenvalue weighted by Crippen LogP contribution is -2.28. The summed E-state index contributed by atoms with van der Waals surface area (Å²) in [4.78, 5) is 16.7. The van der Waals surface area contributed by atoms with E-state index in [0.717, 1.165) is 15.9 Å². The Bertz CT molecular complexity index is 992. The van der Waals surface area contributed by atoms with Crippen molar-refractivity contribution in [2.45, 2.75) is 44.7 Å². The molecule has 1 aromatic carbocycles. The first kappa shape index (κ1) is 24.3. The Labute approximate surface area is 177 Å². The van der Waals surface area contributed by atoms with Crippen molar-refractivity contribution in [2.24, 2.45) is 0 Å². The number of imidazole rings is 1. The summed E-state index contributed by atoms with van der Waals surface area (Å²) in [5.41, 5.74) is -0.0914. The predicted octanol–water partition coefficient (Wildman–Crippen LogP) is 3.17. The molecule has 0 saturated carbocycles. The number of rotatable bonds is 11. The van der Waals surface area contributed by atoms with Gasteiger partial charge in [0.2, 0.25) is 0 Å². The maximum Gasteiger partial charge on any atom is 0.345 e. The SMILES string of the molecule is CCOC(=O)[C@H](Cc1cn(S(=O)(=O)c2ccc(C)cc2)cn1)P(=O)(OCC)OCC. The van der Waals surface area contributed by atoms with Crippen molar-refractivity contribution in [1.29, 1.82) is 0 Å². The molecule has 166 valence electrons. The fourth-order valence-corrected chi connectivity index (χ4v) is 5.80. The molecule has 30 heavy (non-hydrogen) atoms. The van der Waals surface area contributed by atoms with Crippen LogP contribution in [0.2, 0.25) is 0 Å². The Morgan fingerprint density at radius 2 is 1.70 bits per heavy atom. The van der Waals surface area contributed by atoms with E-state index in [4.69, 9.17) is 13.8 Å². The van der Waals surface area contributed by atoms with Crippen LogP contribution >= 0.6 is 7.60 Å². The maximum atomic E-state index is 13.2. The number of aromatic nitrogens is 2. The molecule has 0 bridgehead atoms. The van der Waals surface area contributed by atoms with E-state index in [-0.39, 0.29) is 36.8 Å². The van der Waals surface area contributed by atoms with E-state index in [1.165, 1.54) is 18.3 Å². The molecule has 11 heteroatoms. The second-order valence-electron chi connectivity index (χ2n) is 6.36. The maximum absolute atomic E-state index is 13.2. The van der Waals surface area contributed by atoms with Crippen LogP contribution in [0.25, 0.3) is 0 Å². The molecule has 1 aromatic heterocycles. The fraction of sp³-hybridized carbons (Fsp3) is 0.474. The van der Waals surface area contributed by atoms with Crippen LogP contribution in [0.5, 0.6) is 0 Å². The van der Waals surface area contributed by atoms with Gasteiger partial charge in [-0.15, -0.1) is 0 Å².